The molecule has 0 amide bonds. The van der Waals surface area contributed by atoms with Crippen LogP contribution in [0.4, 0.5) is 4.39 Å². The molecule has 3 aromatic carbocycles. The average molecular weight is 248 g/mol. The Morgan fingerprint density at radius 2 is 1.53 bits per heavy atom. The SMILES string of the molecule is Fc1ccc2c3ccccc3c3cncnc3c2c1. The highest BCUT2D eigenvalue weighted by atomic mass is 19.1. The highest BCUT2D eigenvalue weighted by molar-refractivity contribution is 6.23. The van der Waals surface area contributed by atoms with Crippen molar-refractivity contribution in [3.8, 4) is 0 Å². The monoisotopic (exact) mass is 248 g/mol. The van der Waals surface area contributed by atoms with Gasteiger partial charge in [0.15, 0.2) is 0 Å². The Balaban J connectivity index is 2.43. The summed E-state index contributed by atoms with van der Waals surface area (Å²) >= 11 is 0. The second kappa shape index (κ2) is 3.72. The smallest absolute Gasteiger partial charge is 0.123 e. The molecule has 0 fully saturated rings. The molecule has 0 atom stereocenters. The summed E-state index contributed by atoms with van der Waals surface area (Å²) in [6.45, 7) is 0. The van der Waals surface area contributed by atoms with Crippen LogP contribution in [-0.4, -0.2) is 9.97 Å². The average Bonchev–Trinajstić information content (AvgIpc) is 2.47. The van der Waals surface area contributed by atoms with Gasteiger partial charge in [0.2, 0.25) is 0 Å². The molecule has 0 bridgehead atoms. The first-order valence-corrected chi connectivity index (χ1v) is 6.04. The Labute approximate surface area is 108 Å². The summed E-state index contributed by atoms with van der Waals surface area (Å²) in [5.41, 5.74) is 0.795. The van der Waals surface area contributed by atoms with Gasteiger partial charge in [0.1, 0.15) is 12.1 Å². The van der Waals surface area contributed by atoms with E-state index in [-0.39, 0.29) is 5.82 Å². The molecule has 0 aliphatic heterocycles. The predicted octanol–water partition coefficient (Wildman–Crippen LogP) is 4.08. The van der Waals surface area contributed by atoms with Crippen LogP contribution in [-0.2, 0) is 0 Å². The number of benzene rings is 3. The summed E-state index contributed by atoms with van der Waals surface area (Å²) in [6, 6.07) is 12.9. The van der Waals surface area contributed by atoms with E-state index < -0.39 is 0 Å². The number of hydrogen-bond acceptors (Lipinski definition) is 2. The Hall–Kier alpha value is -2.55. The summed E-state index contributed by atoms with van der Waals surface area (Å²) in [7, 11) is 0. The van der Waals surface area contributed by atoms with E-state index >= 15 is 0 Å². The Morgan fingerprint density at radius 1 is 0.789 bits per heavy atom. The Kier molecular flexibility index (Phi) is 2.03. The van der Waals surface area contributed by atoms with Crippen LogP contribution in [0.5, 0.6) is 0 Å². The van der Waals surface area contributed by atoms with Crippen LogP contribution in [0.1, 0.15) is 0 Å². The van der Waals surface area contributed by atoms with Gasteiger partial charge in [-0.05, 0) is 28.3 Å². The largest absolute Gasteiger partial charge is 0.244 e. The molecule has 0 spiro atoms. The highest BCUT2D eigenvalue weighted by Crippen LogP contribution is 2.33. The summed E-state index contributed by atoms with van der Waals surface area (Å²) in [5.74, 6) is -0.248. The molecular formula is C16H9FN2. The lowest BCUT2D eigenvalue weighted by atomic mass is 9.98. The number of halogens is 1. The molecule has 0 unspecified atom stereocenters. The van der Waals surface area contributed by atoms with E-state index in [1.54, 1.807) is 6.20 Å². The fraction of sp³-hybridized carbons (Fsp3) is 0. The zero-order valence-corrected chi connectivity index (χ0v) is 9.97. The maximum absolute atomic E-state index is 13.5. The lowest BCUT2D eigenvalue weighted by molar-refractivity contribution is 0.630. The van der Waals surface area contributed by atoms with E-state index in [1.807, 2.05) is 30.3 Å². The van der Waals surface area contributed by atoms with Gasteiger partial charge >= 0.3 is 0 Å². The van der Waals surface area contributed by atoms with Crippen LogP contribution in [0.2, 0.25) is 0 Å². The van der Waals surface area contributed by atoms with E-state index in [0.29, 0.717) is 0 Å². The van der Waals surface area contributed by atoms with E-state index in [9.17, 15) is 4.39 Å². The van der Waals surface area contributed by atoms with E-state index in [1.165, 1.54) is 18.5 Å². The normalized spacial score (nSPS) is 11.4. The molecule has 1 heterocycles. The molecule has 1 aromatic heterocycles. The minimum Gasteiger partial charge on any atom is -0.244 e. The van der Waals surface area contributed by atoms with Gasteiger partial charge in [-0.3, -0.25) is 0 Å². The second-order valence-corrected chi connectivity index (χ2v) is 4.52. The van der Waals surface area contributed by atoms with Crippen LogP contribution in [0.3, 0.4) is 0 Å². The minimum absolute atomic E-state index is 0.248. The predicted molar refractivity (Wildman–Crippen MR) is 74.5 cm³/mol. The highest BCUT2D eigenvalue weighted by Gasteiger charge is 2.09. The fourth-order valence-electron chi connectivity index (χ4n) is 2.64. The van der Waals surface area contributed by atoms with Crippen molar-refractivity contribution < 1.29 is 4.39 Å². The van der Waals surface area contributed by atoms with E-state index in [2.05, 4.69) is 9.97 Å². The third-order valence-corrected chi connectivity index (χ3v) is 3.46. The first kappa shape index (κ1) is 10.4. The zero-order valence-electron chi connectivity index (χ0n) is 9.97. The molecule has 0 N–H and O–H groups in total. The van der Waals surface area contributed by atoms with Gasteiger partial charge < -0.3 is 0 Å². The van der Waals surface area contributed by atoms with Gasteiger partial charge in [0, 0.05) is 17.0 Å². The third-order valence-electron chi connectivity index (χ3n) is 3.46. The first-order chi connectivity index (χ1) is 9.34. The summed E-state index contributed by atoms with van der Waals surface area (Å²) in [4.78, 5) is 8.41. The van der Waals surface area contributed by atoms with Gasteiger partial charge in [-0.1, -0.05) is 30.3 Å². The van der Waals surface area contributed by atoms with Crippen LogP contribution in [0, 0.1) is 5.82 Å². The molecule has 90 valence electrons. The Morgan fingerprint density at radius 3 is 2.37 bits per heavy atom. The molecule has 4 rings (SSSR count). The summed E-state index contributed by atoms with van der Waals surface area (Å²) < 4.78 is 13.5. The first-order valence-electron chi connectivity index (χ1n) is 6.04. The molecule has 0 saturated carbocycles. The minimum atomic E-state index is -0.248. The molecule has 0 radical (unpaired) electrons. The van der Waals surface area contributed by atoms with Crippen molar-refractivity contribution in [2.24, 2.45) is 0 Å². The standard InChI is InChI=1S/C16H9FN2/c17-10-5-6-13-11-3-1-2-4-12(11)15-8-18-9-19-16(15)14(13)7-10/h1-9H. The van der Waals surface area contributed by atoms with Crippen LogP contribution in [0.25, 0.3) is 32.4 Å². The molecule has 2 nitrogen and oxygen atoms in total. The fourth-order valence-corrected chi connectivity index (χ4v) is 2.64. The second-order valence-electron chi connectivity index (χ2n) is 4.52. The van der Waals surface area contributed by atoms with Gasteiger partial charge in [-0.25, -0.2) is 14.4 Å². The van der Waals surface area contributed by atoms with Crippen molar-refractivity contribution in [2.45, 2.75) is 0 Å². The number of hydrogen-bond donors (Lipinski definition) is 0. The molecule has 19 heavy (non-hydrogen) atoms. The van der Waals surface area contributed by atoms with Crippen LogP contribution in [0.15, 0.2) is 55.0 Å². The summed E-state index contributed by atoms with van der Waals surface area (Å²) in [6.07, 6.45) is 3.29. The molecular weight excluding hydrogens is 239 g/mol. The number of rotatable bonds is 0. The van der Waals surface area contributed by atoms with Gasteiger partial charge in [0.05, 0.1) is 5.52 Å². The summed E-state index contributed by atoms with van der Waals surface area (Å²) in [5, 5.41) is 4.99. The van der Waals surface area contributed by atoms with Gasteiger partial charge in [0.25, 0.3) is 0 Å². The number of nitrogens with zero attached hydrogens (tertiary/aromatic N) is 2. The van der Waals surface area contributed by atoms with Crippen molar-refractivity contribution in [3.63, 3.8) is 0 Å². The van der Waals surface area contributed by atoms with Gasteiger partial charge in [-0.15, -0.1) is 0 Å². The zero-order chi connectivity index (χ0) is 12.8. The molecule has 4 aromatic rings. The molecule has 0 aliphatic rings. The topological polar surface area (TPSA) is 25.8 Å². The quantitative estimate of drug-likeness (QED) is 0.438. The van der Waals surface area contributed by atoms with Crippen LogP contribution >= 0.6 is 0 Å². The number of fused-ring (bicyclic) bond motifs is 6. The maximum atomic E-state index is 13.5. The van der Waals surface area contributed by atoms with Crippen molar-refractivity contribution >= 4 is 32.4 Å². The van der Waals surface area contributed by atoms with E-state index in [0.717, 1.165) is 32.4 Å². The third kappa shape index (κ3) is 1.41. The Bertz CT molecular complexity index is 896. The van der Waals surface area contributed by atoms with Gasteiger partial charge in [-0.2, -0.15) is 0 Å². The molecule has 0 saturated heterocycles. The number of aromatic nitrogens is 2. The maximum Gasteiger partial charge on any atom is 0.123 e. The van der Waals surface area contributed by atoms with Crippen molar-refractivity contribution in [1.82, 2.24) is 9.97 Å². The van der Waals surface area contributed by atoms with E-state index in [4.69, 9.17) is 0 Å². The lowest BCUT2D eigenvalue weighted by Crippen LogP contribution is -1.87. The van der Waals surface area contributed by atoms with Crippen molar-refractivity contribution in [1.29, 1.82) is 0 Å². The van der Waals surface area contributed by atoms with Crippen molar-refractivity contribution in [3.05, 3.63) is 60.8 Å². The molecule has 3 heteroatoms. The van der Waals surface area contributed by atoms with Crippen molar-refractivity contribution in [2.75, 3.05) is 0 Å². The molecule has 0 aliphatic carbocycles. The van der Waals surface area contributed by atoms with Crippen LogP contribution < -0.4 is 0 Å². The lowest BCUT2D eigenvalue weighted by Gasteiger charge is -2.08.